The van der Waals surface area contributed by atoms with E-state index in [1.807, 2.05) is 18.7 Å². The maximum atomic E-state index is 12.1. The molecule has 0 aromatic heterocycles. The van der Waals surface area contributed by atoms with Gasteiger partial charge in [0.1, 0.15) is 0 Å². The largest absolute Gasteiger partial charge is 0.377 e. The molecular formula is C11H23ClN2O2. The molecule has 0 aliphatic carbocycles. The zero-order chi connectivity index (χ0) is 11.4. The monoisotopic (exact) mass is 250 g/mol. The first-order chi connectivity index (χ1) is 7.07. The summed E-state index contributed by atoms with van der Waals surface area (Å²) >= 11 is 0. The lowest BCUT2D eigenvalue weighted by atomic mass is 10.0. The van der Waals surface area contributed by atoms with E-state index >= 15 is 0 Å². The van der Waals surface area contributed by atoms with Crippen LogP contribution < -0.4 is 5.73 Å². The van der Waals surface area contributed by atoms with Crippen molar-refractivity contribution in [1.82, 2.24) is 4.90 Å². The molecule has 1 fully saturated rings. The summed E-state index contributed by atoms with van der Waals surface area (Å²) in [4.78, 5) is 14.0. The molecule has 1 rings (SSSR count). The van der Waals surface area contributed by atoms with Gasteiger partial charge in [-0.2, -0.15) is 0 Å². The van der Waals surface area contributed by atoms with Gasteiger partial charge in [-0.25, -0.2) is 0 Å². The van der Waals surface area contributed by atoms with Crippen LogP contribution in [0.25, 0.3) is 0 Å². The van der Waals surface area contributed by atoms with Gasteiger partial charge in [-0.15, -0.1) is 12.4 Å². The second kappa shape index (κ2) is 7.09. The van der Waals surface area contributed by atoms with Crippen molar-refractivity contribution in [1.29, 1.82) is 0 Å². The Morgan fingerprint density at radius 3 is 2.69 bits per heavy atom. The minimum atomic E-state index is -0.0999. The summed E-state index contributed by atoms with van der Waals surface area (Å²) in [6, 6.07) is 0.144. The van der Waals surface area contributed by atoms with E-state index in [9.17, 15) is 4.79 Å². The highest BCUT2D eigenvalue weighted by Crippen LogP contribution is 2.15. The zero-order valence-electron chi connectivity index (χ0n) is 10.3. The van der Waals surface area contributed by atoms with Crippen molar-refractivity contribution in [2.24, 2.45) is 11.7 Å². The maximum Gasteiger partial charge on any atom is 0.227 e. The molecule has 1 aliphatic rings. The van der Waals surface area contributed by atoms with Crippen LogP contribution >= 0.6 is 12.4 Å². The Morgan fingerprint density at radius 2 is 2.19 bits per heavy atom. The molecule has 0 radical (unpaired) electrons. The molecule has 1 heterocycles. The fourth-order valence-corrected chi connectivity index (χ4v) is 1.77. The number of nitrogens with zero attached hydrogens (tertiary/aromatic N) is 1. The predicted octanol–water partition coefficient (Wildman–Crippen LogP) is 1.03. The zero-order valence-corrected chi connectivity index (χ0v) is 11.1. The second-order valence-corrected chi connectivity index (χ2v) is 4.32. The number of morpholine rings is 1. The van der Waals surface area contributed by atoms with Crippen LogP contribution in [-0.2, 0) is 9.53 Å². The van der Waals surface area contributed by atoms with Crippen molar-refractivity contribution >= 4 is 18.3 Å². The standard InChI is InChI=1S/C11H22N2O2.ClH/c1-4-10-7-15-6-5-13(10)11(14)8(2)9(3)12;/h8-10H,4-7,12H2,1-3H3;1H. The smallest absolute Gasteiger partial charge is 0.227 e. The molecule has 0 spiro atoms. The van der Waals surface area contributed by atoms with E-state index < -0.39 is 0 Å². The van der Waals surface area contributed by atoms with Gasteiger partial charge >= 0.3 is 0 Å². The maximum absolute atomic E-state index is 12.1. The summed E-state index contributed by atoms with van der Waals surface area (Å²) in [5.74, 6) is 0.0669. The molecule has 3 unspecified atom stereocenters. The Hall–Kier alpha value is -0.320. The predicted molar refractivity (Wildman–Crippen MR) is 66.7 cm³/mol. The lowest BCUT2D eigenvalue weighted by Gasteiger charge is -2.37. The Morgan fingerprint density at radius 1 is 1.56 bits per heavy atom. The summed E-state index contributed by atoms with van der Waals surface area (Å²) in [6.45, 7) is 7.87. The highest BCUT2D eigenvalue weighted by molar-refractivity contribution is 5.85. The van der Waals surface area contributed by atoms with Gasteiger partial charge in [-0.3, -0.25) is 4.79 Å². The Kier molecular flexibility index (Phi) is 6.95. The number of halogens is 1. The van der Waals surface area contributed by atoms with Gasteiger partial charge in [0, 0.05) is 12.6 Å². The molecule has 0 aromatic rings. The molecule has 3 atom stereocenters. The van der Waals surface area contributed by atoms with Crippen molar-refractivity contribution in [2.75, 3.05) is 19.8 Å². The summed E-state index contributed by atoms with van der Waals surface area (Å²) in [6.07, 6.45) is 0.942. The summed E-state index contributed by atoms with van der Waals surface area (Å²) in [5.41, 5.74) is 5.75. The number of hydrogen-bond acceptors (Lipinski definition) is 3. The molecule has 1 saturated heterocycles. The number of hydrogen-bond donors (Lipinski definition) is 1. The third-order valence-electron chi connectivity index (χ3n) is 3.16. The van der Waals surface area contributed by atoms with Gasteiger partial charge < -0.3 is 15.4 Å². The third-order valence-corrected chi connectivity index (χ3v) is 3.16. The normalized spacial score (nSPS) is 24.5. The molecule has 2 N–H and O–H groups in total. The number of amides is 1. The van der Waals surface area contributed by atoms with E-state index in [0.717, 1.165) is 6.42 Å². The van der Waals surface area contributed by atoms with Gasteiger partial charge in [0.25, 0.3) is 0 Å². The van der Waals surface area contributed by atoms with E-state index in [2.05, 4.69) is 6.92 Å². The molecule has 1 amide bonds. The van der Waals surface area contributed by atoms with Gasteiger partial charge in [0.05, 0.1) is 25.2 Å². The van der Waals surface area contributed by atoms with Crippen LogP contribution in [0.15, 0.2) is 0 Å². The lowest BCUT2D eigenvalue weighted by molar-refractivity contribution is -0.144. The highest BCUT2D eigenvalue weighted by atomic mass is 35.5. The minimum absolute atomic E-state index is 0. The average molecular weight is 251 g/mol. The summed E-state index contributed by atoms with van der Waals surface area (Å²) in [5, 5.41) is 0. The Balaban J connectivity index is 0.00000225. The van der Waals surface area contributed by atoms with Crippen molar-refractivity contribution < 1.29 is 9.53 Å². The van der Waals surface area contributed by atoms with E-state index in [0.29, 0.717) is 19.8 Å². The van der Waals surface area contributed by atoms with Crippen LogP contribution in [-0.4, -0.2) is 42.6 Å². The van der Waals surface area contributed by atoms with Crippen LogP contribution in [0.1, 0.15) is 27.2 Å². The first-order valence-corrected chi connectivity index (χ1v) is 5.71. The topological polar surface area (TPSA) is 55.6 Å². The fraction of sp³-hybridized carbons (Fsp3) is 0.909. The van der Waals surface area contributed by atoms with Gasteiger partial charge in [-0.05, 0) is 13.3 Å². The van der Waals surface area contributed by atoms with Gasteiger partial charge in [-0.1, -0.05) is 13.8 Å². The number of nitrogens with two attached hydrogens (primary N) is 1. The second-order valence-electron chi connectivity index (χ2n) is 4.32. The van der Waals surface area contributed by atoms with Gasteiger partial charge in [0.2, 0.25) is 5.91 Å². The summed E-state index contributed by atoms with van der Waals surface area (Å²) in [7, 11) is 0. The van der Waals surface area contributed by atoms with E-state index in [1.165, 1.54) is 0 Å². The van der Waals surface area contributed by atoms with Crippen molar-refractivity contribution in [2.45, 2.75) is 39.3 Å². The van der Waals surface area contributed by atoms with E-state index in [1.54, 1.807) is 0 Å². The SMILES string of the molecule is CCC1COCCN1C(=O)C(C)C(C)N.Cl. The number of rotatable bonds is 3. The average Bonchev–Trinajstić information content (AvgIpc) is 2.26. The van der Waals surface area contributed by atoms with Crippen LogP contribution in [0.5, 0.6) is 0 Å². The molecular weight excluding hydrogens is 228 g/mol. The Bertz CT molecular complexity index is 224. The molecule has 0 aromatic carbocycles. The van der Waals surface area contributed by atoms with Crippen LogP contribution in [0.2, 0.25) is 0 Å². The number of carbonyl (C=O) groups is 1. The van der Waals surface area contributed by atoms with E-state index in [4.69, 9.17) is 10.5 Å². The van der Waals surface area contributed by atoms with Crippen LogP contribution in [0.3, 0.4) is 0 Å². The molecule has 16 heavy (non-hydrogen) atoms. The minimum Gasteiger partial charge on any atom is -0.377 e. The first-order valence-electron chi connectivity index (χ1n) is 5.71. The van der Waals surface area contributed by atoms with Gasteiger partial charge in [0.15, 0.2) is 0 Å². The van der Waals surface area contributed by atoms with E-state index in [-0.39, 0.29) is 36.3 Å². The molecule has 4 nitrogen and oxygen atoms in total. The van der Waals surface area contributed by atoms with Crippen molar-refractivity contribution in [3.05, 3.63) is 0 Å². The quantitative estimate of drug-likeness (QED) is 0.814. The number of carbonyl (C=O) groups excluding carboxylic acids is 1. The molecule has 1 aliphatic heterocycles. The highest BCUT2D eigenvalue weighted by Gasteiger charge is 2.30. The van der Waals surface area contributed by atoms with Crippen LogP contribution in [0.4, 0.5) is 0 Å². The van der Waals surface area contributed by atoms with Crippen LogP contribution in [0, 0.1) is 5.92 Å². The molecule has 0 saturated carbocycles. The third kappa shape index (κ3) is 3.61. The number of ether oxygens (including phenoxy) is 1. The molecule has 0 bridgehead atoms. The first kappa shape index (κ1) is 15.7. The fourth-order valence-electron chi connectivity index (χ4n) is 1.77. The van der Waals surface area contributed by atoms with Crippen molar-refractivity contribution in [3.63, 3.8) is 0 Å². The molecule has 5 heteroatoms. The Labute approximate surface area is 104 Å². The van der Waals surface area contributed by atoms with Crippen molar-refractivity contribution in [3.8, 4) is 0 Å². The summed E-state index contributed by atoms with van der Waals surface area (Å²) < 4.78 is 5.37. The lowest BCUT2D eigenvalue weighted by Crippen LogP contribution is -2.52. The molecule has 96 valence electrons.